The predicted octanol–water partition coefficient (Wildman–Crippen LogP) is 5.82. The lowest BCUT2D eigenvalue weighted by molar-refractivity contribution is -0.122. The molecule has 0 radical (unpaired) electrons. The van der Waals surface area contributed by atoms with Crippen molar-refractivity contribution in [2.24, 2.45) is 0 Å². The molecular weight excluding hydrogens is 592 g/mol. The van der Waals surface area contributed by atoms with Crippen LogP contribution in [0.15, 0.2) is 75.2 Å². The Hall–Kier alpha value is -3.14. The number of imide groups is 2. The molecule has 0 atom stereocenters. The minimum Gasteiger partial charge on any atom is -0.508 e. The Morgan fingerprint density at radius 3 is 2.29 bits per heavy atom. The van der Waals surface area contributed by atoms with Crippen LogP contribution in [0.3, 0.4) is 0 Å². The Labute approximate surface area is 216 Å². The first-order chi connectivity index (χ1) is 16.2. The number of urea groups is 1. The van der Waals surface area contributed by atoms with E-state index in [1.165, 1.54) is 30.3 Å². The van der Waals surface area contributed by atoms with Crippen molar-refractivity contribution in [3.63, 3.8) is 0 Å². The average molecular weight is 607 g/mol. The average Bonchev–Trinajstić information content (AvgIpc) is 2.78. The molecule has 0 saturated carbocycles. The third-order valence-electron chi connectivity index (χ3n) is 4.87. The van der Waals surface area contributed by atoms with E-state index in [2.05, 4.69) is 37.2 Å². The summed E-state index contributed by atoms with van der Waals surface area (Å²) < 4.78 is 7.06. The van der Waals surface area contributed by atoms with Gasteiger partial charge in [0, 0.05) is 10.6 Å². The molecule has 1 aliphatic heterocycles. The second kappa shape index (κ2) is 10.0. The Morgan fingerprint density at radius 1 is 1.00 bits per heavy atom. The molecule has 2 N–H and O–H groups in total. The highest BCUT2D eigenvalue weighted by Crippen LogP contribution is 2.36. The summed E-state index contributed by atoms with van der Waals surface area (Å²) in [4.78, 5) is 38.6. The number of ether oxygens (including phenoxy) is 1. The number of anilines is 1. The molecule has 10 heteroatoms. The molecule has 3 aromatic rings. The number of phenols is 1. The van der Waals surface area contributed by atoms with Crippen molar-refractivity contribution in [2.45, 2.75) is 6.61 Å². The van der Waals surface area contributed by atoms with Crippen LogP contribution in [0, 0.1) is 0 Å². The highest BCUT2D eigenvalue weighted by molar-refractivity contribution is 9.11. The van der Waals surface area contributed by atoms with Crippen molar-refractivity contribution < 1.29 is 24.2 Å². The number of benzene rings is 3. The number of rotatable bonds is 5. The fourth-order valence-corrected chi connectivity index (χ4v) is 4.87. The largest absolute Gasteiger partial charge is 0.508 e. The maximum Gasteiger partial charge on any atom is 0.335 e. The van der Waals surface area contributed by atoms with Crippen LogP contribution in [0.1, 0.15) is 11.1 Å². The van der Waals surface area contributed by atoms with Crippen LogP contribution in [-0.2, 0) is 16.2 Å². The molecule has 0 unspecified atom stereocenters. The minimum absolute atomic E-state index is 0.0213. The van der Waals surface area contributed by atoms with E-state index in [1.54, 1.807) is 18.2 Å². The van der Waals surface area contributed by atoms with Gasteiger partial charge < -0.3 is 9.84 Å². The molecule has 0 aromatic heterocycles. The van der Waals surface area contributed by atoms with Gasteiger partial charge in [-0.15, -0.1) is 0 Å². The van der Waals surface area contributed by atoms with Crippen LogP contribution in [0.2, 0.25) is 5.02 Å². The number of hydrogen-bond donors (Lipinski definition) is 2. The summed E-state index contributed by atoms with van der Waals surface area (Å²) in [5.41, 5.74) is 1.32. The van der Waals surface area contributed by atoms with Crippen molar-refractivity contribution in [1.29, 1.82) is 0 Å². The Morgan fingerprint density at radius 2 is 1.65 bits per heavy atom. The fourth-order valence-electron chi connectivity index (χ4n) is 3.23. The van der Waals surface area contributed by atoms with Gasteiger partial charge in [-0.2, -0.15) is 0 Å². The third kappa shape index (κ3) is 5.01. The lowest BCUT2D eigenvalue weighted by atomic mass is 10.1. The molecule has 34 heavy (non-hydrogen) atoms. The molecule has 0 aliphatic carbocycles. The zero-order valence-electron chi connectivity index (χ0n) is 17.2. The van der Waals surface area contributed by atoms with E-state index >= 15 is 0 Å². The molecule has 172 valence electrons. The number of barbiturate groups is 1. The standard InChI is InChI=1S/C24H15Br2ClN2O5/c25-18-10-13(11-19(26)21(18)34-12-14-3-1-2-4-20(14)27)9-17-22(31)28-24(33)29(23(17)32)15-5-7-16(30)8-6-15/h1-11,30H,12H2,(H,28,31,33)/b17-9+. The second-order valence-electron chi connectivity index (χ2n) is 7.17. The highest BCUT2D eigenvalue weighted by atomic mass is 79.9. The molecular formula is C24H15Br2ClN2O5. The van der Waals surface area contributed by atoms with Crippen LogP contribution >= 0.6 is 43.5 Å². The van der Waals surface area contributed by atoms with Crippen molar-refractivity contribution in [2.75, 3.05) is 4.90 Å². The molecule has 4 rings (SSSR count). The van der Waals surface area contributed by atoms with Crippen molar-refractivity contribution >= 4 is 73.1 Å². The number of aromatic hydroxyl groups is 1. The molecule has 1 saturated heterocycles. The van der Waals surface area contributed by atoms with Gasteiger partial charge in [0.2, 0.25) is 0 Å². The van der Waals surface area contributed by atoms with E-state index in [0.717, 1.165) is 10.5 Å². The van der Waals surface area contributed by atoms with Crippen LogP contribution in [0.5, 0.6) is 11.5 Å². The monoisotopic (exact) mass is 604 g/mol. The molecule has 1 aliphatic rings. The Bertz CT molecular complexity index is 1320. The van der Waals surface area contributed by atoms with Crippen molar-refractivity contribution in [3.8, 4) is 11.5 Å². The van der Waals surface area contributed by atoms with Gasteiger partial charge >= 0.3 is 6.03 Å². The van der Waals surface area contributed by atoms with Gasteiger partial charge in [-0.25, -0.2) is 9.69 Å². The molecule has 3 aromatic carbocycles. The predicted molar refractivity (Wildman–Crippen MR) is 135 cm³/mol. The van der Waals surface area contributed by atoms with E-state index in [9.17, 15) is 19.5 Å². The fraction of sp³-hybridized carbons (Fsp3) is 0.0417. The summed E-state index contributed by atoms with van der Waals surface area (Å²) in [7, 11) is 0. The normalized spacial score (nSPS) is 15.0. The number of carbonyl (C=O) groups is 3. The maximum atomic E-state index is 13.0. The first kappa shape index (κ1) is 24.0. The SMILES string of the molecule is O=C1NC(=O)N(c2ccc(O)cc2)C(=O)/C1=C/c1cc(Br)c(OCc2ccccc2Cl)c(Br)c1. The summed E-state index contributed by atoms with van der Waals surface area (Å²) in [6.45, 7) is 0.238. The summed E-state index contributed by atoms with van der Waals surface area (Å²) in [5, 5.41) is 12.2. The van der Waals surface area contributed by atoms with Gasteiger partial charge in [0.15, 0.2) is 0 Å². The Kier molecular flexibility index (Phi) is 7.06. The maximum absolute atomic E-state index is 13.0. The first-order valence-corrected chi connectivity index (χ1v) is 11.8. The van der Waals surface area contributed by atoms with E-state index in [1.807, 2.05) is 18.2 Å². The van der Waals surface area contributed by atoms with E-state index < -0.39 is 17.8 Å². The molecule has 0 bridgehead atoms. The number of halogens is 3. The van der Waals surface area contributed by atoms with Gasteiger partial charge in [-0.3, -0.25) is 14.9 Å². The summed E-state index contributed by atoms with van der Waals surface area (Å²) >= 11 is 13.1. The number of phenolic OH excluding ortho intramolecular Hbond substituents is 1. The van der Waals surface area contributed by atoms with Gasteiger partial charge in [-0.1, -0.05) is 29.8 Å². The molecule has 7 nitrogen and oxygen atoms in total. The summed E-state index contributed by atoms with van der Waals surface area (Å²) in [6.07, 6.45) is 1.38. The number of nitrogens with zero attached hydrogens (tertiary/aromatic N) is 1. The lowest BCUT2D eigenvalue weighted by Crippen LogP contribution is -2.54. The quantitative estimate of drug-likeness (QED) is 0.282. The zero-order chi connectivity index (χ0) is 24.4. The van der Waals surface area contributed by atoms with Gasteiger partial charge in [0.25, 0.3) is 11.8 Å². The lowest BCUT2D eigenvalue weighted by Gasteiger charge is -2.26. The Balaban J connectivity index is 1.61. The molecule has 1 fully saturated rings. The van der Waals surface area contributed by atoms with E-state index in [-0.39, 0.29) is 23.6 Å². The number of carbonyl (C=O) groups excluding carboxylic acids is 3. The number of hydrogen-bond acceptors (Lipinski definition) is 5. The van der Waals surface area contributed by atoms with E-state index in [4.69, 9.17) is 16.3 Å². The number of nitrogens with one attached hydrogen (secondary N) is 1. The van der Waals surface area contributed by atoms with Crippen LogP contribution in [-0.4, -0.2) is 23.0 Å². The van der Waals surface area contributed by atoms with Gasteiger partial charge in [0.1, 0.15) is 23.7 Å². The first-order valence-electron chi connectivity index (χ1n) is 9.80. The van der Waals surface area contributed by atoms with E-state index in [0.29, 0.717) is 25.3 Å². The minimum atomic E-state index is -0.872. The summed E-state index contributed by atoms with van der Waals surface area (Å²) in [6, 6.07) is 15.3. The van der Waals surface area contributed by atoms with Crippen LogP contribution in [0.25, 0.3) is 6.08 Å². The van der Waals surface area contributed by atoms with Gasteiger partial charge in [-0.05, 0) is 86.0 Å². The zero-order valence-corrected chi connectivity index (χ0v) is 21.1. The highest BCUT2D eigenvalue weighted by Gasteiger charge is 2.36. The third-order valence-corrected chi connectivity index (χ3v) is 6.42. The van der Waals surface area contributed by atoms with Gasteiger partial charge in [0.05, 0.1) is 14.6 Å². The summed E-state index contributed by atoms with van der Waals surface area (Å²) in [5.74, 6) is -1.10. The topological polar surface area (TPSA) is 95.9 Å². The molecule has 1 heterocycles. The smallest absolute Gasteiger partial charge is 0.335 e. The molecule has 4 amide bonds. The van der Waals surface area contributed by atoms with Crippen molar-refractivity contribution in [1.82, 2.24) is 5.32 Å². The second-order valence-corrected chi connectivity index (χ2v) is 9.28. The van der Waals surface area contributed by atoms with Crippen molar-refractivity contribution in [3.05, 3.63) is 91.3 Å². The number of amides is 4. The van der Waals surface area contributed by atoms with Crippen LogP contribution < -0.4 is 15.0 Å². The van der Waals surface area contributed by atoms with Crippen LogP contribution in [0.4, 0.5) is 10.5 Å². The molecule has 0 spiro atoms.